The molecule has 0 unspecified atom stereocenters. The lowest BCUT2D eigenvalue weighted by Gasteiger charge is -2.31. The van der Waals surface area contributed by atoms with Crippen LogP contribution in [0.15, 0.2) is 40.9 Å². The Kier molecular flexibility index (Phi) is 6.16. The summed E-state index contributed by atoms with van der Waals surface area (Å²) in [6, 6.07) is 8.02. The number of aromatic hydroxyl groups is 1. The zero-order valence-corrected chi connectivity index (χ0v) is 20.0. The number of amides is 2. The van der Waals surface area contributed by atoms with Crippen LogP contribution in [0.3, 0.4) is 0 Å². The Labute approximate surface area is 201 Å². The lowest BCUT2D eigenvalue weighted by Crippen LogP contribution is -2.42. The molecular weight excluding hydrogens is 460 g/mol. The van der Waals surface area contributed by atoms with Crippen molar-refractivity contribution in [2.75, 3.05) is 25.0 Å². The number of aromatic nitrogens is 1. The van der Waals surface area contributed by atoms with Gasteiger partial charge in [0.15, 0.2) is 11.3 Å². The minimum Gasteiger partial charge on any atom is -0.504 e. The highest BCUT2D eigenvalue weighted by molar-refractivity contribution is 5.95. The predicted molar refractivity (Wildman–Crippen MR) is 126 cm³/mol. The van der Waals surface area contributed by atoms with Crippen LogP contribution in [0.25, 0.3) is 22.2 Å². The number of hydrogen-bond acceptors (Lipinski definition) is 6. The normalized spacial score (nSPS) is 15.8. The molecule has 8 nitrogen and oxygen atoms in total. The van der Waals surface area contributed by atoms with Crippen molar-refractivity contribution in [2.24, 2.45) is 0 Å². The predicted octanol–water partition coefficient (Wildman–Crippen LogP) is 5.44. The first-order chi connectivity index (χ1) is 16.3. The molecule has 4 rings (SSSR count). The van der Waals surface area contributed by atoms with E-state index in [0.29, 0.717) is 22.2 Å². The Morgan fingerprint density at radius 2 is 1.86 bits per heavy atom. The molecule has 1 saturated heterocycles. The summed E-state index contributed by atoms with van der Waals surface area (Å²) in [4.78, 5) is 31.9. The average Bonchev–Trinajstić information content (AvgIpc) is 3.22. The summed E-state index contributed by atoms with van der Waals surface area (Å²) in [5, 5.41) is 11.1. The van der Waals surface area contributed by atoms with Crippen LogP contribution in [0, 0.1) is 0 Å². The number of nitrogens with zero attached hydrogens (tertiary/aromatic N) is 3. The highest BCUT2D eigenvalue weighted by Gasteiger charge is 2.35. The van der Waals surface area contributed by atoms with Crippen LogP contribution in [0.2, 0.25) is 0 Å². The van der Waals surface area contributed by atoms with Gasteiger partial charge < -0.3 is 19.2 Å². The number of pyridine rings is 1. The zero-order valence-electron chi connectivity index (χ0n) is 20.0. The number of alkyl halides is 2. The molecule has 1 aliphatic heterocycles. The third-order valence-corrected chi connectivity index (χ3v) is 5.67. The minimum absolute atomic E-state index is 0.00130. The Balaban J connectivity index is 1.54. The zero-order chi connectivity index (χ0) is 25.5. The minimum atomic E-state index is -2.73. The second kappa shape index (κ2) is 8.83. The number of likely N-dealkylation sites (tertiary alicyclic amines) is 1. The van der Waals surface area contributed by atoms with Crippen molar-refractivity contribution in [1.82, 2.24) is 9.88 Å². The number of ether oxygens (including phenoxy) is 1. The van der Waals surface area contributed by atoms with Crippen molar-refractivity contribution in [1.29, 1.82) is 0 Å². The van der Waals surface area contributed by atoms with E-state index in [9.17, 15) is 23.5 Å². The van der Waals surface area contributed by atoms with Crippen molar-refractivity contribution in [3.05, 3.63) is 42.1 Å². The Hall–Kier alpha value is -3.69. The smallest absolute Gasteiger partial charge is 0.416 e. The van der Waals surface area contributed by atoms with E-state index < -0.39 is 17.6 Å². The Morgan fingerprint density at radius 3 is 2.46 bits per heavy atom. The number of hydrogen-bond donors (Lipinski definition) is 1. The number of furan rings is 1. The van der Waals surface area contributed by atoms with Crippen molar-refractivity contribution >= 4 is 28.9 Å². The van der Waals surface area contributed by atoms with Crippen LogP contribution >= 0.6 is 0 Å². The lowest BCUT2D eigenvalue weighted by molar-refractivity contribution is -0.0494. The van der Waals surface area contributed by atoms with Crippen molar-refractivity contribution in [3.63, 3.8) is 0 Å². The molecule has 1 fully saturated rings. The molecule has 2 aromatic heterocycles. The van der Waals surface area contributed by atoms with E-state index >= 15 is 0 Å². The number of piperidine rings is 1. The monoisotopic (exact) mass is 487 g/mol. The van der Waals surface area contributed by atoms with Crippen molar-refractivity contribution < 1.29 is 32.6 Å². The number of phenolic OH excluding ortho intramolecular Hbond substituents is 1. The fourth-order valence-corrected chi connectivity index (χ4v) is 3.77. The molecule has 1 aromatic carbocycles. The molecule has 10 heteroatoms. The van der Waals surface area contributed by atoms with Gasteiger partial charge in [-0.05, 0) is 45.0 Å². The van der Waals surface area contributed by atoms with Gasteiger partial charge in [-0.2, -0.15) is 0 Å². The van der Waals surface area contributed by atoms with Crippen LogP contribution in [0.1, 0.15) is 44.0 Å². The van der Waals surface area contributed by atoms with Gasteiger partial charge in [0.2, 0.25) is 5.88 Å². The number of halogens is 2. The Bertz CT molecular complexity index is 1250. The van der Waals surface area contributed by atoms with E-state index in [1.54, 1.807) is 45.0 Å². The molecule has 0 radical (unpaired) electrons. The molecule has 3 heterocycles. The molecule has 0 aliphatic carbocycles. The molecular formula is C25H27F2N3O5. The third-order valence-electron chi connectivity index (χ3n) is 5.67. The van der Waals surface area contributed by atoms with Gasteiger partial charge in [-0.3, -0.25) is 14.7 Å². The topological polar surface area (TPSA) is 96.1 Å². The fraction of sp³-hybridized carbons (Fsp3) is 0.400. The molecule has 0 atom stereocenters. The Morgan fingerprint density at radius 1 is 1.17 bits per heavy atom. The first-order valence-corrected chi connectivity index (χ1v) is 11.2. The van der Waals surface area contributed by atoms with Crippen molar-refractivity contribution in [2.45, 2.75) is 45.1 Å². The van der Waals surface area contributed by atoms with E-state index in [4.69, 9.17) is 9.15 Å². The summed E-state index contributed by atoms with van der Waals surface area (Å²) in [6.07, 6.45) is 0.0946. The summed E-state index contributed by atoms with van der Waals surface area (Å²) in [5.74, 6) is -3.02. The van der Waals surface area contributed by atoms with Gasteiger partial charge in [0, 0.05) is 56.2 Å². The molecule has 3 aromatic rings. The molecule has 0 bridgehead atoms. The van der Waals surface area contributed by atoms with E-state index in [-0.39, 0.29) is 49.1 Å². The number of carbonyl (C=O) groups excluding carboxylic acids is 2. The first-order valence-electron chi connectivity index (χ1n) is 11.2. The third kappa shape index (κ3) is 5.36. The largest absolute Gasteiger partial charge is 0.504 e. The standard InChI is InChI=1S/C25H27F2N3O5/c1-24(2,3)35-23(33)29(4)20-13-17-11-16(12-19(31)21(17)34-20)18-6-5-15(14-28-18)22(32)30-9-7-25(26,27)8-10-30/h5-6,11-14,31H,7-10H2,1-4H3. The van der Waals surface area contributed by atoms with E-state index in [2.05, 4.69) is 4.98 Å². The fourth-order valence-electron chi connectivity index (χ4n) is 3.77. The number of fused-ring (bicyclic) bond motifs is 1. The number of carbonyl (C=O) groups is 2. The molecule has 1 aliphatic rings. The highest BCUT2D eigenvalue weighted by atomic mass is 19.3. The van der Waals surface area contributed by atoms with Gasteiger partial charge in [0.25, 0.3) is 11.8 Å². The van der Waals surface area contributed by atoms with Gasteiger partial charge in [-0.15, -0.1) is 0 Å². The maximum absolute atomic E-state index is 13.4. The van der Waals surface area contributed by atoms with Gasteiger partial charge in [0.1, 0.15) is 5.60 Å². The lowest BCUT2D eigenvalue weighted by atomic mass is 10.1. The summed E-state index contributed by atoms with van der Waals surface area (Å²) in [7, 11) is 1.50. The number of rotatable bonds is 3. The van der Waals surface area contributed by atoms with E-state index in [1.807, 2.05) is 0 Å². The van der Waals surface area contributed by atoms with E-state index in [0.717, 1.165) is 0 Å². The summed E-state index contributed by atoms with van der Waals surface area (Å²) in [5.41, 5.74) is 0.887. The molecule has 35 heavy (non-hydrogen) atoms. The second-order valence-corrected chi connectivity index (χ2v) is 9.62. The number of phenols is 1. The number of benzene rings is 1. The van der Waals surface area contributed by atoms with E-state index in [1.165, 1.54) is 29.1 Å². The average molecular weight is 488 g/mol. The SMILES string of the molecule is CN(C(=O)OC(C)(C)C)c1cc2cc(-c3ccc(C(=O)N4CCC(F)(F)CC4)cn3)cc(O)c2o1. The molecule has 0 spiro atoms. The molecule has 186 valence electrons. The van der Waals surface area contributed by atoms with Crippen LogP contribution in [-0.2, 0) is 4.74 Å². The van der Waals surface area contributed by atoms with Gasteiger partial charge in [-0.25, -0.2) is 13.6 Å². The van der Waals surface area contributed by atoms with Crippen LogP contribution in [0.5, 0.6) is 5.75 Å². The summed E-state index contributed by atoms with van der Waals surface area (Å²) >= 11 is 0. The maximum atomic E-state index is 13.4. The van der Waals surface area contributed by atoms with Crippen molar-refractivity contribution in [3.8, 4) is 17.0 Å². The van der Waals surface area contributed by atoms with Crippen LogP contribution < -0.4 is 4.90 Å². The maximum Gasteiger partial charge on any atom is 0.416 e. The second-order valence-electron chi connectivity index (χ2n) is 9.62. The highest BCUT2D eigenvalue weighted by Crippen LogP contribution is 2.36. The summed E-state index contributed by atoms with van der Waals surface area (Å²) in [6.45, 7) is 5.27. The molecule has 0 saturated carbocycles. The van der Waals surface area contributed by atoms with Gasteiger partial charge in [0.05, 0.1) is 11.3 Å². The van der Waals surface area contributed by atoms with Crippen LogP contribution in [-0.4, -0.2) is 58.7 Å². The quantitative estimate of drug-likeness (QED) is 0.528. The van der Waals surface area contributed by atoms with Gasteiger partial charge in [-0.1, -0.05) is 0 Å². The van der Waals surface area contributed by atoms with Gasteiger partial charge >= 0.3 is 6.09 Å². The summed E-state index contributed by atoms with van der Waals surface area (Å²) < 4.78 is 37.8. The van der Waals surface area contributed by atoms with Crippen LogP contribution in [0.4, 0.5) is 19.5 Å². The number of anilines is 1. The first kappa shape index (κ1) is 24.4. The molecule has 2 amide bonds. The molecule has 1 N–H and O–H groups in total.